The second kappa shape index (κ2) is 9.07. The lowest BCUT2D eigenvalue weighted by molar-refractivity contribution is 0.0952. The molecule has 0 spiro atoms. The van der Waals surface area contributed by atoms with Gasteiger partial charge in [-0.3, -0.25) is 4.79 Å². The molecule has 3 rings (SSSR count). The number of benzene rings is 2. The van der Waals surface area contributed by atoms with Gasteiger partial charge in [0.1, 0.15) is 5.82 Å². The minimum atomic E-state index is -3.41. The third-order valence-electron chi connectivity index (χ3n) is 4.61. The van der Waals surface area contributed by atoms with Gasteiger partial charge in [-0.2, -0.15) is 11.8 Å². The number of carbonyl (C=O) groups is 1. The summed E-state index contributed by atoms with van der Waals surface area (Å²) in [6.07, 6.45) is 0. The molecule has 0 unspecified atom stereocenters. The summed E-state index contributed by atoms with van der Waals surface area (Å²) in [5.41, 5.74) is 2.56. The number of thioether (sulfide) groups is 1. The van der Waals surface area contributed by atoms with E-state index in [4.69, 9.17) is 0 Å². The van der Waals surface area contributed by atoms with Crippen molar-refractivity contribution in [2.45, 2.75) is 6.92 Å². The lowest BCUT2D eigenvalue weighted by Crippen LogP contribution is -2.42. The van der Waals surface area contributed by atoms with E-state index in [1.54, 1.807) is 17.8 Å². The first kappa shape index (κ1) is 20.8. The molecule has 1 aliphatic heterocycles. The maximum Gasteiger partial charge on any atom is 0.254 e. The monoisotopic (exact) mass is 422 g/mol. The first-order valence-corrected chi connectivity index (χ1v) is 11.8. The molecule has 0 bridgehead atoms. The Bertz CT molecular complexity index is 940. The second-order valence-corrected chi connectivity index (χ2v) is 9.96. The first-order chi connectivity index (χ1) is 13.4. The average molecular weight is 423 g/mol. The molecule has 28 heavy (non-hydrogen) atoms. The van der Waals surface area contributed by atoms with Gasteiger partial charge < -0.3 is 5.32 Å². The quantitative estimate of drug-likeness (QED) is 0.777. The SMILES string of the molecule is Cc1ccc(-c2ccc(C(=O)NCCS(=O)(=O)N3CCSCC3)c(F)c2)cc1. The second-order valence-electron chi connectivity index (χ2n) is 6.64. The normalized spacial score (nSPS) is 15.4. The fraction of sp³-hybridized carbons (Fsp3) is 0.350. The van der Waals surface area contributed by atoms with Gasteiger partial charge in [-0.05, 0) is 30.2 Å². The molecule has 0 atom stereocenters. The van der Waals surface area contributed by atoms with Crippen LogP contribution in [0.4, 0.5) is 4.39 Å². The predicted octanol–water partition coefficient (Wildman–Crippen LogP) is 2.91. The number of hydrogen-bond donors (Lipinski definition) is 1. The molecule has 0 saturated carbocycles. The van der Waals surface area contributed by atoms with Crippen molar-refractivity contribution in [1.29, 1.82) is 0 Å². The molecular weight excluding hydrogens is 399 g/mol. The van der Waals surface area contributed by atoms with Crippen molar-refractivity contribution in [3.63, 3.8) is 0 Å². The number of halogens is 1. The molecule has 0 aromatic heterocycles. The standard InChI is InChI=1S/C20H23FN2O3S2/c1-15-2-4-16(5-3-15)17-6-7-18(19(21)14-17)20(24)22-8-13-28(25,26)23-9-11-27-12-10-23/h2-7,14H,8-13H2,1H3,(H,22,24). The van der Waals surface area contributed by atoms with E-state index >= 15 is 0 Å². The Morgan fingerprint density at radius 3 is 2.39 bits per heavy atom. The molecule has 150 valence electrons. The lowest BCUT2D eigenvalue weighted by Gasteiger charge is -2.25. The molecule has 1 fully saturated rings. The van der Waals surface area contributed by atoms with Crippen LogP contribution >= 0.6 is 11.8 Å². The fourth-order valence-electron chi connectivity index (χ4n) is 2.97. The Morgan fingerprint density at radius 1 is 1.11 bits per heavy atom. The van der Waals surface area contributed by atoms with Crippen LogP contribution in [0.1, 0.15) is 15.9 Å². The van der Waals surface area contributed by atoms with Crippen molar-refractivity contribution < 1.29 is 17.6 Å². The molecule has 1 amide bonds. The third kappa shape index (κ3) is 5.12. The number of hydrogen-bond acceptors (Lipinski definition) is 4. The Kier molecular flexibility index (Phi) is 6.74. The summed E-state index contributed by atoms with van der Waals surface area (Å²) < 4.78 is 40.5. The molecular formula is C20H23FN2O3S2. The van der Waals surface area contributed by atoms with Gasteiger partial charge in [-0.25, -0.2) is 17.1 Å². The van der Waals surface area contributed by atoms with Crippen LogP contribution in [0.3, 0.4) is 0 Å². The summed E-state index contributed by atoms with van der Waals surface area (Å²) in [5.74, 6) is 0.129. The van der Waals surface area contributed by atoms with Crippen LogP contribution in [-0.4, -0.2) is 55.5 Å². The minimum Gasteiger partial charge on any atom is -0.351 e. The Hall–Kier alpha value is -1.90. The van der Waals surface area contributed by atoms with Gasteiger partial charge in [-0.15, -0.1) is 0 Å². The highest BCUT2D eigenvalue weighted by atomic mass is 32.2. The summed E-state index contributed by atoms with van der Waals surface area (Å²) in [5, 5.41) is 2.51. The van der Waals surface area contributed by atoms with Gasteiger partial charge in [0, 0.05) is 31.1 Å². The van der Waals surface area contributed by atoms with Crippen molar-refractivity contribution in [3.8, 4) is 11.1 Å². The molecule has 2 aromatic rings. The van der Waals surface area contributed by atoms with Gasteiger partial charge in [0.05, 0.1) is 11.3 Å². The largest absolute Gasteiger partial charge is 0.351 e. The summed E-state index contributed by atoms with van der Waals surface area (Å²) >= 11 is 1.72. The number of aryl methyl sites for hydroxylation is 1. The smallest absolute Gasteiger partial charge is 0.254 e. The molecule has 1 saturated heterocycles. The van der Waals surface area contributed by atoms with E-state index in [-0.39, 0.29) is 17.9 Å². The molecule has 5 nitrogen and oxygen atoms in total. The highest BCUT2D eigenvalue weighted by Gasteiger charge is 2.24. The van der Waals surface area contributed by atoms with Crippen LogP contribution in [-0.2, 0) is 10.0 Å². The number of carbonyl (C=O) groups excluding carboxylic acids is 1. The van der Waals surface area contributed by atoms with Crippen molar-refractivity contribution in [3.05, 3.63) is 59.4 Å². The number of amides is 1. The van der Waals surface area contributed by atoms with Gasteiger partial charge in [0.2, 0.25) is 10.0 Å². The Balaban J connectivity index is 1.60. The molecule has 1 heterocycles. The van der Waals surface area contributed by atoms with E-state index in [9.17, 15) is 17.6 Å². The molecule has 2 aromatic carbocycles. The van der Waals surface area contributed by atoms with Crippen molar-refractivity contribution in [2.75, 3.05) is 36.9 Å². The van der Waals surface area contributed by atoms with E-state index in [1.165, 1.54) is 16.4 Å². The van der Waals surface area contributed by atoms with E-state index in [2.05, 4.69) is 5.32 Å². The molecule has 0 aliphatic carbocycles. The van der Waals surface area contributed by atoms with Gasteiger partial charge in [0.15, 0.2) is 0 Å². The number of nitrogens with one attached hydrogen (secondary N) is 1. The highest BCUT2D eigenvalue weighted by Crippen LogP contribution is 2.22. The van der Waals surface area contributed by atoms with Crippen LogP contribution in [0.25, 0.3) is 11.1 Å². The number of sulfonamides is 1. The van der Waals surface area contributed by atoms with Crippen LogP contribution in [0.15, 0.2) is 42.5 Å². The van der Waals surface area contributed by atoms with Crippen LogP contribution in [0.2, 0.25) is 0 Å². The van der Waals surface area contributed by atoms with E-state index in [0.717, 1.165) is 22.6 Å². The summed E-state index contributed by atoms with van der Waals surface area (Å²) in [7, 11) is -3.41. The van der Waals surface area contributed by atoms with E-state index < -0.39 is 21.7 Å². The average Bonchev–Trinajstić information content (AvgIpc) is 2.69. The molecule has 0 radical (unpaired) electrons. The number of rotatable bonds is 6. The van der Waals surface area contributed by atoms with Crippen LogP contribution in [0.5, 0.6) is 0 Å². The van der Waals surface area contributed by atoms with Crippen LogP contribution in [0, 0.1) is 12.7 Å². The Morgan fingerprint density at radius 2 is 1.75 bits per heavy atom. The Labute approximate surface area is 169 Å². The van der Waals surface area contributed by atoms with Crippen molar-refractivity contribution in [1.82, 2.24) is 9.62 Å². The highest BCUT2D eigenvalue weighted by molar-refractivity contribution is 7.99. The van der Waals surface area contributed by atoms with Crippen molar-refractivity contribution in [2.24, 2.45) is 0 Å². The third-order valence-corrected chi connectivity index (χ3v) is 7.42. The summed E-state index contributed by atoms with van der Waals surface area (Å²) in [4.78, 5) is 12.3. The zero-order chi connectivity index (χ0) is 20.1. The zero-order valence-corrected chi connectivity index (χ0v) is 17.3. The predicted molar refractivity (Wildman–Crippen MR) is 112 cm³/mol. The van der Waals surface area contributed by atoms with Crippen LogP contribution < -0.4 is 5.32 Å². The topological polar surface area (TPSA) is 66.5 Å². The summed E-state index contributed by atoms with van der Waals surface area (Å²) in [6.45, 7) is 2.91. The van der Waals surface area contributed by atoms with E-state index in [1.807, 2.05) is 31.2 Å². The lowest BCUT2D eigenvalue weighted by atomic mass is 10.0. The zero-order valence-electron chi connectivity index (χ0n) is 15.7. The molecule has 1 N–H and O–H groups in total. The van der Waals surface area contributed by atoms with Crippen molar-refractivity contribution >= 4 is 27.7 Å². The van der Waals surface area contributed by atoms with Gasteiger partial charge in [-0.1, -0.05) is 35.9 Å². The number of nitrogens with zero attached hydrogens (tertiary/aromatic N) is 1. The molecule has 1 aliphatic rings. The van der Waals surface area contributed by atoms with Gasteiger partial charge >= 0.3 is 0 Å². The summed E-state index contributed by atoms with van der Waals surface area (Å²) in [6, 6.07) is 12.1. The molecule has 8 heteroatoms. The first-order valence-electron chi connectivity index (χ1n) is 9.07. The fourth-order valence-corrected chi connectivity index (χ4v) is 5.46. The maximum absolute atomic E-state index is 14.4. The van der Waals surface area contributed by atoms with Gasteiger partial charge in [0.25, 0.3) is 5.91 Å². The minimum absolute atomic E-state index is 0.0516. The van der Waals surface area contributed by atoms with E-state index in [0.29, 0.717) is 18.7 Å². The maximum atomic E-state index is 14.4.